The highest BCUT2D eigenvalue weighted by atomic mass is 79.9. The summed E-state index contributed by atoms with van der Waals surface area (Å²) in [5.41, 5.74) is 0.321. The first-order valence-corrected chi connectivity index (χ1v) is 7.83. The molecule has 114 valence electrons. The highest BCUT2D eigenvalue weighted by Gasteiger charge is 2.23. The van der Waals surface area contributed by atoms with E-state index in [9.17, 15) is 14.0 Å². The second-order valence-corrected chi connectivity index (χ2v) is 6.06. The molecule has 1 unspecified atom stereocenters. The van der Waals surface area contributed by atoms with Crippen molar-refractivity contribution in [2.45, 2.75) is 32.2 Å². The van der Waals surface area contributed by atoms with Crippen molar-refractivity contribution >= 4 is 27.7 Å². The van der Waals surface area contributed by atoms with Gasteiger partial charge in [0.2, 0.25) is 5.91 Å². The third-order valence-electron chi connectivity index (χ3n) is 3.57. The van der Waals surface area contributed by atoms with Gasteiger partial charge >= 0.3 is 0 Å². The van der Waals surface area contributed by atoms with Crippen LogP contribution in [0.25, 0.3) is 0 Å². The lowest BCUT2D eigenvalue weighted by Crippen LogP contribution is -2.48. The van der Waals surface area contributed by atoms with E-state index in [1.165, 1.54) is 18.2 Å². The number of amides is 2. The standard InChI is InChI=1S/C15H18BrFN2O2/c1-10(15(21)19-7-3-2-4-8-19)18-14(20)11-5-6-13(17)12(16)9-11/h5-6,9-10H,2-4,7-8H2,1H3,(H,18,20). The number of nitrogens with one attached hydrogen (secondary N) is 1. The molecular weight excluding hydrogens is 339 g/mol. The van der Waals surface area contributed by atoms with Gasteiger partial charge in [0.25, 0.3) is 5.91 Å². The molecule has 1 atom stereocenters. The number of benzene rings is 1. The van der Waals surface area contributed by atoms with Gasteiger partial charge in [-0.2, -0.15) is 0 Å². The van der Waals surface area contributed by atoms with E-state index in [1.54, 1.807) is 11.8 Å². The molecule has 2 amide bonds. The maximum absolute atomic E-state index is 13.2. The molecule has 1 aromatic rings. The molecule has 1 aliphatic heterocycles. The molecule has 0 aliphatic carbocycles. The van der Waals surface area contributed by atoms with E-state index in [2.05, 4.69) is 21.2 Å². The molecule has 1 aromatic carbocycles. The Balaban J connectivity index is 1.97. The number of hydrogen-bond acceptors (Lipinski definition) is 2. The molecule has 1 fully saturated rings. The molecule has 0 radical (unpaired) electrons. The van der Waals surface area contributed by atoms with Crippen molar-refractivity contribution in [3.8, 4) is 0 Å². The van der Waals surface area contributed by atoms with Crippen LogP contribution < -0.4 is 5.32 Å². The van der Waals surface area contributed by atoms with Crippen molar-refractivity contribution in [1.82, 2.24) is 10.2 Å². The SMILES string of the molecule is CC(NC(=O)c1ccc(F)c(Br)c1)C(=O)N1CCCCC1. The van der Waals surface area contributed by atoms with Crippen LogP contribution in [0.4, 0.5) is 4.39 Å². The average molecular weight is 357 g/mol. The summed E-state index contributed by atoms with van der Waals surface area (Å²) in [7, 11) is 0. The summed E-state index contributed by atoms with van der Waals surface area (Å²) in [6, 6.07) is 3.44. The molecule has 1 heterocycles. The summed E-state index contributed by atoms with van der Waals surface area (Å²) < 4.78 is 13.4. The second kappa shape index (κ2) is 7.02. The van der Waals surface area contributed by atoms with Gasteiger partial charge in [0.15, 0.2) is 0 Å². The lowest BCUT2D eigenvalue weighted by atomic mass is 10.1. The van der Waals surface area contributed by atoms with Crippen LogP contribution in [0.3, 0.4) is 0 Å². The van der Waals surface area contributed by atoms with E-state index < -0.39 is 11.9 Å². The Morgan fingerprint density at radius 2 is 1.95 bits per heavy atom. The van der Waals surface area contributed by atoms with E-state index in [4.69, 9.17) is 0 Å². The monoisotopic (exact) mass is 356 g/mol. The summed E-state index contributed by atoms with van der Waals surface area (Å²) in [6.45, 7) is 3.18. The summed E-state index contributed by atoms with van der Waals surface area (Å²) in [4.78, 5) is 26.1. The highest BCUT2D eigenvalue weighted by molar-refractivity contribution is 9.10. The van der Waals surface area contributed by atoms with Crippen molar-refractivity contribution < 1.29 is 14.0 Å². The zero-order chi connectivity index (χ0) is 15.4. The van der Waals surface area contributed by atoms with E-state index in [0.29, 0.717) is 5.56 Å². The third kappa shape index (κ3) is 4.03. The number of carbonyl (C=O) groups is 2. The van der Waals surface area contributed by atoms with E-state index in [1.807, 2.05) is 0 Å². The number of piperidine rings is 1. The number of nitrogens with zero attached hydrogens (tertiary/aromatic N) is 1. The molecule has 1 saturated heterocycles. The Kier molecular flexibility index (Phi) is 5.33. The maximum atomic E-state index is 13.2. The van der Waals surface area contributed by atoms with Gasteiger partial charge in [0, 0.05) is 18.7 Å². The molecule has 1 aliphatic rings. The summed E-state index contributed by atoms with van der Waals surface area (Å²) in [5.74, 6) is -0.873. The first kappa shape index (κ1) is 15.9. The molecule has 2 rings (SSSR count). The normalized spacial score (nSPS) is 16.4. The van der Waals surface area contributed by atoms with Crippen molar-refractivity contribution in [3.05, 3.63) is 34.1 Å². The quantitative estimate of drug-likeness (QED) is 0.904. The van der Waals surface area contributed by atoms with Gasteiger partial charge in [-0.15, -0.1) is 0 Å². The number of carbonyl (C=O) groups excluding carboxylic acids is 2. The number of halogens is 2. The minimum atomic E-state index is -0.584. The Morgan fingerprint density at radius 1 is 1.29 bits per heavy atom. The molecule has 4 nitrogen and oxygen atoms in total. The zero-order valence-electron chi connectivity index (χ0n) is 11.9. The van der Waals surface area contributed by atoms with Crippen LogP contribution in [0.15, 0.2) is 22.7 Å². The van der Waals surface area contributed by atoms with Gasteiger partial charge in [-0.05, 0) is 60.3 Å². The van der Waals surface area contributed by atoms with Gasteiger partial charge in [-0.25, -0.2) is 4.39 Å². The van der Waals surface area contributed by atoms with Crippen LogP contribution in [-0.2, 0) is 4.79 Å². The Labute approximate surface area is 131 Å². The Hall–Kier alpha value is -1.43. The molecule has 21 heavy (non-hydrogen) atoms. The second-order valence-electron chi connectivity index (χ2n) is 5.21. The van der Waals surface area contributed by atoms with E-state index in [0.717, 1.165) is 32.4 Å². The van der Waals surface area contributed by atoms with Gasteiger partial charge in [-0.3, -0.25) is 9.59 Å². The van der Waals surface area contributed by atoms with Crippen molar-refractivity contribution in [1.29, 1.82) is 0 Å². The number of hydrogen-bond donors (Lipinski definition) is 1. The predicted molar refractivity (Wildman–Crippen MR) is 81.5 cm³/mol. The van der Waals surface area contributed by atoms with Crippen LogP contribution in [0.2, 0.25) is 0 Å². The van der Waals surface area contributed by atoms with Crippen LogP contribution in [0.1, 0.15) is 36.5 Å². The fourth-order valence-electron chi connectivity index (χ4n) is 2.37. The molecule has 0 spiro atoms. The van der Waals surface area contributed by atoms with Gasteiger partial charge in [-0.1, -0.05) is 0 Å². The minimum Gasteiger partial charge on any atom is -0.341 e. The maximum Gasteiger partial charge on any atom is 0.251 e. The van der Waals surface area contributed by atoms with E-state index >= 15 is 0 Å². The molecule has 1 N–H and O–H groups in total. The lowest BCUT2D eigenvalue weighted by Gasteiger charge is -2.29. The number of rotatable bonds is 3. The van der Waals surface area contributed by atoms with Crippen LogP contribution >= 0.6 is 15.9 Å². The van der Waals surface area contributed by atoms with E-state index in [-0.39, 0.29) is 16.3 Å². The summed E-state index contributed by atoms with van der Waals surface area (Å²) in [6.07, 6.45) is 3.17. The Morgan fingerprint density at radius 3 is 2.57 bits per heavy atom. The summed E-state index contributed by atoms with van der Waals surface area (Å²) >= 11 is 3.04. The lowest BCUT2D eigenvalue weighted by molar-refractivity contribution is -0.133. The summed E-state index contributed by atoms with van der Waals surface area (Å²) in [5, 5.41) is 2.67. The van der Waals surface area contributed by atoms with Crippen molar-refractivity contribution in [2.75, 3.05) is 13.1 Å². The van der Waals surface area contributed by atoms with Crippen molar-refractivity contribution in [3.63, 3.8) is 0 Å². The predicted octanol–water partition coefficient (Wildman–Crippen LogP) is 2.72. The molecule has 0 bridgehead atoms. The average Bonchev–Trinajstić information content (AvgIpc) is 2.50. The minimum absolute atomic E-state index is 0.0655. The first-order valence-electron chi connectivity index (χ1n) is 7.04. The fraction of sp³-hybridized carbons (Fsp3) is 0.467. The van der Waals surface area contributed by atoms with Crippen LogP contribution in [0.5, 0.6) is 0 Å². The van der Waals surface area contributed by atoms with Gasteiger partial charge < -0.3 is 10.2 Å². The molecule has 0 saturated carbocycles. The topological polar surface area (TPSA) is 49.4 Å². The highest BCUT2D eigenvalue weighted by Crippen LogP contribution is 2.17. The van der Waals surface area contributed by atoms with Crippen LogP contribution in [-0.4, -0.2) is 35.8 Å². The first-order chi connectivity index (χ1) is 9.99. The zero-order valence-corrected chi connectivity index (χ0v) is 13.5. The van der Waals surface area contributed by atoms with Gasteiger partial charge in [0.05, 0.1) is 4.47 Å². The molecular formula is C15H18BrFN2O2. The third-order valence-corrected chi connectivity index (χ3v) is 4.18. The fourth-order valence-corrected chi connectivity index (χ4v) is 2.75. The van der Waals surface area contributed by atoms with Crippen molar-refractivity contribution in [2.24, 2.45) is 0 Å². The Bertz CT molecular complexity index is 544. The molecule has 0 aromatic heterocycles. The van der Waals surface area contributed by atoms with Crippen LogP contribution in [0, 0.1) is 5.82 Å². The van der Waals surface area contributed by atoms with Gasteiger partial charge in [0.1, 0.15) is 11.9 Å². The number of likely N-dealkylation sites (tertiary alicyclic amines) is 1. The largest absolute Gasteiger partial charge is 0.341 e. The molecule has 6 heteroatoms. The smallest absolute Gasteiger partial charge is 0.251 e.